The number of sulfonamides is 1. The number of aromatic nitrogens is 1. The predicted octanol–water partition coefficient (Wildman–Crippen LogP) is 4.29. The monoisotopic (exact) mass is 606 g/mol. The molecule has 1 aromatic heterocycles. The van der Waals surface area contributed by atoms with Crippen molar-refractivity contribution in [3.63, 3.8) is 0 Å². The van der Waals surface area contributed by atoms with Gasteiger partial charge in [-0.05, 0) is 57.2 Å². The second-order valence-corrected chi connectivity index (χ2v) is 13.7. The largest absolute Gasteiger partial charge is 0.348 e. The minimum Gasteiger partial charge on any atom is -0.348 e. The predicted molar refractivity (Wildman–Crippen MR) is 161 cm³/mol. The second kappa shape index (κ2) is 11.4. The highest BCUT2D eigenvalue weighted by Gasteiger charge is 2.48. The van der Waals surface area contributed by atoms with Crippen molar-refractivity contribution in [2.24, 2.45) is 10.9 Å². The van der Waals surface area contributed by atoms with Gasteiger partial charge in [0.15, 0.2) is 5.79 Å². The third-order valence-corrected chi connectivity index (χ3v) is 10.2. The van der Waals surface area contributed by atoms with Gasteiger partial charge in [0.2, 0.25) is 10.0 Å². The summed E-state index contributed by atoms with van der Waals surface area (Å²) in [6, 6.07) is 5.30. The standard InChI is InChI=1S/C29H37FN4O5S.H2S/c1-28(2)38-19-22(39-28)17-33-18-23(30)25-20(9-6-10-24(25)33)11-16-40(36,37)34-14-12-29(13-15-34)27(35)31-26(32-29)21-7-4-3-5-8-21;/h6,9-11,16,18,21-22H,3-5,7-8,12-15,17,19H2,1-2H3,(H,31,32,35);1H2/b16-11+;/t22-;/m0./s1. The lowest BCUT2D eigenvalue weighted by atomic mass is 9.88. The number of rotatable bonds is 6. The van der Waals surface area contributed by atoms with Crippen LogP contribution in [0, 0.1) is 11.7 Å². The molecule has 4 heterocycles. The number of ether oxygens (including phenoxy) is 2. The lowest BCUT2D eigenvalue weighted by Gasteiger charge is -2.34. The summed E-state index contributed by atoms with van der Waals surface area (Å²) in [6.07, 6.45) is 8.95. The SMILES string of the molecule is CC1(C)OC[C@H](Cn2cc(F)c3c(/C=C/S(=O)(=O)N4CCC5(CC4)N=C(C4CCCCC4)NC5=O)cccc32)O1.S. The quantitative estimate of drug-likeness (QED) is 0.529. The summed E-state index contributed by atoms with van der Waals surface area (Å²) in [7, 11) is -3.78. The minimum absolute atomic E-state index is 0. The van der Waals surface area contributed by atoms with Crippen LogP contribution in [0.15, 0.2) is 34.8 Å². The number of amides is 1. The highest BCUT2D eigenvalue weighted by Crippen LogP contribution is 2.35. The fourth-order valence-electron chi connectivity index (χ4n) is 6.50. The molecule has 0 radical (unpaired) electrons. The topological polar surface area (TPSA) is 102 Å². The van der Waals surface area contributed by atoms with Crippen molar-refractivity contribution >= 4 is 52.2 Å². The smallest absolute Gasteiger partial charge is 0.253 e. The molecular weight excluding hydrogens is 567 g/mol. The van der Waals surface area contributed by atoms with Gasteiger partial charge < -0.3 is 19.4 Å². The van der Waals surface area contributed by atoms with Crippen LogP contribution in [-0.4, -0.2) is 66.2 Å². The number of benzene rings is 1. The molecule has 0 bridgehead atoms. The third kappa shape index (κ3) is 5.99. The van der Waals surface area contributed by atoms with Crippen molar-refractivity contribution in [1.82, 2.24) is 14.2 Å². The number of carbonyl (C=O) groups excluding carboxylic acids is 1. The second-order valence-electron chi connectivity index (χ2n) is 11.9. The fourth-order valence-corrected chi connectivity index (χ4v) is 7.68. The zero-order chi connectivity index (χ0) is 28.1. The van der Waals surface area contributed by atoms with Crippen LogP contribution in [0.3, 0.4) is 0 Å². The molecule has 41 heavy (non-hydrogen) atoms. The molecule has 2 aromatic rings. The van der Waals surface area contributed by atoms with Gasteiger partial charge in [-0.25, -0.2) is 12.8 Å². The highest BCUT2D eigenvalue weighted by atomic mass is 32.2. The Balaban J connectivity index is 0.00000337. The van der Waals surface area contributed by atoms with Gasteiger partial charge in [-0.15, -0.1) is 0 Å². The Morgan fingerprint density at radius 1 is 1.17 bits per heavy atom. The first kappa shape index (κ1) is 30.2. The summed E-state index contributed by atoms with van der Waals surface area (Å²) in [5.74, 6) is -0.118. The van der Waals surface area contributed by atoms with Gasteiger partial charge in [0.25, 0.3) is 5.91 Å². The number of nitrogens with one attached hydrogen (secondary N) is 1. The molecule has 0 unspecified atom stereocenters. The molecule has 1 N–H and O–H groups in total. The van der Waals surface area contributed by atoms with Crippen molar-refractivity contribution < 1.29 is 27.1 Å². The summed E-state index contributed by atoms with van der Waals surface area (Å²) in [5.41, 5.74) is 0.263. The molecule has 1 amide bonds. The molecule has 6 rings (SSSR count). The zero-order valence-electron chi connectivity index (χ0n) is 23.6. The molecule has 3 fully saturated rings. The van der Waals surface area contributed by atoms with Crippen molar-refractivity contribution in [2.45, 2.75) is 82.8 Å². The highest BCUT2D eigenvalue weighted by molar-refractivity contribution is 7.92. The van der Waals surface area contributed by atoms with E-state index in [9.17, 15) is 13.2 Å². The number of amidine groups is 1. The van der Waals surface area contributed by atoms with Crippen LogP contribution in [0.2, 0.25) is 0 Å². The zero-order valence-corrected chi connectivity index (χ0v) is 25.4. The first-order valence-electron chi connectivity index (χ1n) is 14.2. The molecule has 4 aliphatic rings. The van der Waals surface area contributed by atoms with E-state index in [0.29, 0.717) is 48.4 Å². The lowest BCUT2D eigenvalue weighted by molar-refractivity contribution is -0.139. The van der Waals surface area contributed by atoms with Crippen LogP contribution in [-0.2, 0) is 30.8 Å². The number of aliphatic imine (C=N–C) groups is 1. The van der Waals surface area contributed by atoms with E-state index < -0.39 is 27.2 Å². The molecule has 1 atom stereocenters. The Bertz CT molecular complexity index is 1470. The molecule has 2 saturated heterocycles. The maximum absolute atomic E-state index is 15.1. The maximum atomic E-state index is 15.1. The number of piperidine rings is 1. The normalized spacial score (nSPS) is 25.1. The van der Waals surface area contributed by atoms with Gasteiger partial charge >= 0.3 is 0 Å². The number of carbonyl (C=O) groups is 1. The Labute approximate surface area is 247 Å². The Morgan fingerprint density at radius 2 is 1.90 bits per heavy atom. The average molecular weight is 607 g/mol. The Hall–Kier alpha value is -2.25. The first-order chi connectivity index (χ1) is 19.1. The van der Waals surface area contributed by atoms with Gasteiger partial charge in [0.1, 0.15) is 23.3 Å². The van der Waals surface area contributed by atoms with E-state index in [0.717, 1.165) is 36.9 Å². The van der Waals surface area contributed by atoms with Gasteiger partial charge in [0, 0.05) is 36.0 Å². The van der Waals surface area contributed by atoms with Gasteiger partial charge in [0.05, 0.1) is 18.7 Å². The van der Waals surface area contributed by atoms with E-state index in [-0.39, 0.29) is 38.6 Å². The molecule has 1 aliphatic carbocycles. The van der Waals surface area contributed by atoms with Crippen molar-refractivity contribution in [3.05, 3.63) is 41.2 Å². The van der Waals surface area contributed by atoms with Crippen LogP contribution in [0.25, 0.3) is 17.0 Å². The summed E-state index contributed by atoms with van der Waals surface area (Å²) in [6.45, 7) is 4.93. The average Bonchev–Trinajstić information content (AvgIpc) is 3.56. The van der Waals surface area contributed by atoms with Gasteiger partial charge in [-0.2, -0.15) is 17.8 Å². The van der Waals surface area contributed by atoms with E-state index in [4.69, 9.17) is 14.5 Å². The van der Waals surface area contributed by atoms with Crippen LogP contribution in [0.5, 0.6) is 0 Å². The molecule has 12 heteroatoms. The van der Waals surface area contributed by atoms with Gasteiger partial charge in [-0.1, -0.05) is 31.4 Å². The van der Waals surface area contributed by atoms with Crippen molar-refractivity contribution in [3.8, 4) is 0 Å². The fraction of sp³-hybridized carbons (Fsp3) is 0.586. The first-order valence-corrected chi connectivity index (χ1v) is 15.7. The van der Waals surface area contributed by atoms with E-state index in [2.05, 4.69) is 5.32 Å². The number of nitrogens with zero attached hydrogens (tertiary/aromatic N) is 3. The summed E-state index contributed by atoms with van der Waals surface area (Å²) in [4.78, 5) is 17.8. The molecule has 1 spiro atoms. The number of halogens is 1. The Morgan fingerprint density at radius 3 is 2.59 bits per heavy atom. The number of hydrogen-bond acceptors (Lipinski definition) is 6. The maximum Gasteiger partial charge on any atom is 0.253 e. The van der Waals surface area contributed by atoms with Crippen LogP contribution < -0.4 is 5.32 Å². The van der Waals surface area contributed by atoms with Crippen molar-refractivity contribution in [2.75, 3.05) is 19.7 Å². The summed E-state index contributed by atoms with van der Waals surface area (Å²) < 4.78 is 56.3. The lowest BCUT2D eigenvalue weighted by Crippen LogP contribution is -2.50. The number of fused-ring (bicyclic) bond motifs is 1. The van der Waals surface area contributed by atoms with E-state index in [1.54, 1.807) is 16.7 Å². The van der Waals surface area contributed by atoms with Gasteiger partial charge in [-0.3, -0.25) is 9.79 Å². The third-order valence-electron chi connectivity index (χ3n) is 8.68. The molecule has 1 aromatic carbocycles. The van der Waals surface area contributed by atoms with Crippen molar-refractivity contribution in [1.29, 1.82) is 0 Å². The summed E-state index contributed by atoms with van der Waals surface area (Å²) >= 11 is 0. The Kier molecular flexibility index (Phi) is 8.43. The van der Waals surface area contributed by atoms with Crippen LogP contribution >= 0.6 is 13.5 Å². The molecule has 9 nitrogen and oxygen atoms in total. The van der Waals surface area contributed by atoms with E-state index in [1.165, 1.54) is 23.0 Å². The molecular formula is C29H39FN4O5S2. The van der Waals surface area contributed by atoms with E-state index >= 15 is 4.39 Å². The van der Waals surface area contributed by atoms with E-state index in [1.807, 2.05) is 19.9 Å². The molecule has 1 saturated carbocycles. The number of hydrogen-bond donors (Lipinski definition) is 1. The van der Waals surface area contributed by atoms with Crippen LogP contribution in [0.4, 0.5) is 4.39 Å². The molecule has 3 aliphatic heterocycles. The summed E-state index contributed by atoms with van der Waals surface area (Å²) in [5, 5.41) is 4.51. The van der Waals surface area contributed by atoms with Crippen LogP contribution in [0.1, 0.15) is 64.4 Å². The minimum atomic E-state index is -3.78. The molecule has 224 valence electrons.